The van der Waals surface area contributed by atoms with E-state index in [-0.39, 0.29) is 22.9 Å². The highest BCUT2D eigenvalue weighted by Gasteiger charge is 2.32. The molecule has 10 nitrogen and oxygen atoms in total. The molecule has 0 radical (unpaired) electrons. The highest BCUT2D eigenvalue weighted by Crippen LogP contribution is 2.28. The standard InChI is InChI=1S/C24H30Cl2N4O6S/c1-15-7-9-18(30(33)34)12-21(15)29(37(6,35)36)14-22(31)28(16(2)23(32)27-24(3,4)5)13-17-8-10-19(25)20(26)11-17/h7-12,16H,13-14H2,1-6H3,(H,27,32)/t16-/m0/s1. The molecule has 2 rings (SSSR count). The van der Waals surface area contributed by atoms with E-state index in [1.54, 1.807) is 45.9 Å². The molecule has 0 bridgehead atoms. The second-order valence-corrected chi connectivity index (χ2v) is 12.4. The third-order valence-corrected chi connectivity index (χ3v) is 7.22. The van der Waals surface area contributed by atoms with Gasteiger partial charge in [-0.3, -0.25) is 24.0 Å². The normalized spacial score (nSPS) is 12.5. The van der Waals surface area contributed by atoms with E-state index >= 15 is 0 Å². The smallest absolute Gasteiger partial charge is 0.271 e. The molecule has 0 saturated heterocycles. The lowest BCUT2D eigenvalue weighted by Crippen LogP contribution is -2.54. The SMILES string of the molecule is Cc1ccc([N+](=O)[O-])cc1N(CC(=O)N(Cc1ccc(Cl)c(Cl)c1)[C@@H](C)C(=O)NC(C)(C)C)S(C)(=O)=O. The zero-order chi connectivity index (χ0) is 28.3. The molecule has 1 N–H and O–H groups in total. The number of anilines is 1. The number of rotatable bonds is 9. The maximum Gasteiger partial charge on any atom is 0.271 e. The van der Waals surface area contributed by atoms with Gasteiger partial charge in [0.1, 0.15) is 12.6 Å². The molecule has 0 unspecified atom stereocenters. The minimum atomic E-state index is -4.05. The maximum absolute atomic E-state index is 13.6. The van der Waals surface area contributed by atoms with E-state index in [2.05, 4.69) is 5.32 Å². The van der Waals surface area contributed by atoms with Crippen molar-refractivity contribution in [1.29, 1.82) is 0 Å². The molecule has 0 aliphatic heterocycles. The van der Waals surface area contributed by atoms with Gasteiger partial charge in [-0.15, -0.1) is 0 Å². The van der Waals surface area contributed by atoms with Gasteiger partial charge in [0.25, 0.3) is 5.69 Å². The van der Waals surface area contributed by atoms with Crippen LogP contribution in [0.15, 0.2) is 36.4 Å². The largest absolute Gasteiger partial charge is 0.350 e. The number of carbonyl (C=O) groups excluding carboxylic acids is 2. The molecule has 0 saturated carbocycles. The molecule has 0 fully saturated rings. The lowest BCUT2D eigenvalue weighted by molar-refractivity contribution is -0.384. The summed E-state index contributed by atoms with van der Waals surface area (Å²) in [6.07, 6.45) is 0.900. The van der Waals surface area contributed by atoms with Gasteiger partial charge in [-0.1, -0.05) is 35.3 Å². The summed E-state index contributed by atoms with van der Waals surface area (Å²) in [6, 6.07) is 7.51. The van der Waals surface area contributed by atoms with Crippen molar-refractivity contribution in [2.24, 2.45) is 0 Å². The van der Waals surface area contributed by atoms with E-state index in [0.29, 0.717) is 16.1 Å². The van der Waals surface area contributed by atoms with Crippen LogP contribution in [-0.4, -0.2) is 54.4 Å². The average Bonchev–Trinajstić information content (AvgIpc) is 2.76. The van der Waals surface area contributed by atoms with Gasteiger partial charge in [0.15, 0.2) is 0 Å². The Labute approximate surface area is 226 Å². The molecule has 0 heterocycles. The van der Waals surface area contributed by atoms with Crippen LogP contribution in [0.4, 0.5) is 11.4 Å². The van der Waals surface area contributed by atoms with Gasteiger partial charge in [0.2, 0.25) is 21.8 Å². The van der Waals surface area contributed by atoms with E-state index in [1.807, 2.05) is 0 Å². The summed E-state index contributed by atoms with van der Waals surface area (Å²) in [5.41, 5.74) is 0.0651. The highest BCUT2D eigenvalue weighted by atomic mass is 35.5. The Morgan fingerprint density at radius 1 is 1.11 bits per heavy atom. The van der Waals surface area contributed by atoms with E-state index in [9.17, 15) is 28.1 Å². The molecule has 37 heavy (non-hydrogen) atoms. The van der Waals surface area contributed by atoms with Gasteiger partial charge in [-0.05, 0) is 57.9 Å². The van der Waals surface area contributed by atoms with Crippen molar-refractivity contribution in [1.82, 2.24) is 10.2 Å². The first-order valence-corrected chi connectivity index (χ1v) is 13.8. The van der Waals surface area contributed by atoms with Gasteiger partial charge in [0, 0.05) is 24.2 Å². The summed E-state index contributed by atoms with van der Waals surface area (Å²) >= 11 is 12.1. The van der Waals surface area contributed by atoms with Crippen LogP contribution in [0.25, 0.3) is 0 Å². The first-order chi connectivity index (χ1) is 16.9. The fourth-order valence-electron chi connectivity index (χ4n) is 3.47. The van der Waals surface area contributed by atoms with Gasteiger partial charge in [-0.25, -0.2) is 8.42 Å². The molecular formula is C24H30Cl2N4O6S. The lowest BCUT2D eigenvalue weighted by Gasteiger charge is -2.33. The molecule has 2 aromatic carbocycles. The summed E-state index contributed by atoms with van der Waals surface area (Å²) < 4.78 is 26.3. The molecular weight excluding hydrogens is 543 g/mol. The van der Waals surface area contributed by atoms with Gasteiger partial charge in [-0.2, -0.15) is 0 Å². The number of hydrogen-bond donors (Lipinski definition) is 1. The Balaban J connectivity index is 2.52. The molecule has 2 aromatic rings. The molecule has 0 aliphatic carbocycles. The zero-order valence-electron chi connectivity index (χ0n) is 21.4. The number of hydrogen-bond acceptors (Lipinski definition) is 6. The van der Waals surface area contributed by atoms with Crippen molar-refractivity contribution in [3.8, 4) is 0 Å². The fraction of sp³-hybridized carbons (Fsp3) is 0.417. The summed E-state index contributed by atoms with van der Waals surface area (Å²) in [5.74, 6) is -1.14. The molecule has 13 heteroatoms. The fourth-order valence-corrected chi connectivity index (χ4v) is 4.69. The number of halogens is 2. The molecule has 0 spiro atoms. The van der Waals surface area contributed by atoms with Gasteiger partial charge in [0.05, 0.1) is 26.9 Å². The second-order valence-electron chi connectivity index (χ2n) is 9.68. The molecule has 2 amide bonds. The van der Waals surface area contributed by atoms with Gasteiger partial charge < -0.3 is 10.2 Å². The van der Waals surface area contributed by atoms with Crippen LogP contribution in [-0.2, 0) is 26.2 Å². The minimum Gasteiger partial charge on any atom is -0.350 e. The number of sulfonamides is 1. The van der Waals surface area contributed by atoms with Crippen molar-refractivity contribution in [3.63, 3.8) is 0 Å². The molecule has 0 aliphatic rings. The first kappa shape index (κ1) is 30.3. The number of amides is 2. The molecule has 1 atom stereocenters. The summed E-state index contributed by atoms with van der Waals surface area (Å²) in [6.45, 7) is 7.72. The predicted molar refractivity (Wildman–Crippen MR) is 144 cm³/mol. The van der Waals surface area contributed by atoms with E-state index in [4.69, 9.17) is 23.2 Å². The third kappa shape index (κ3) is 8.31. The Morgan fingerprint density at radius 2 is 1.73 bits per heavy atom. The number of non-ortho nitro benzene ring substituents is 1. The third-order valence-electron chi connectivity index (χ3n) is 5.35. The maximum atomic E-state index is 13.6. The van der Waals surface area contributed by atoms with E-state index < -0.39 is 44.9 Å². The Bertz CT molecular complexity index is 1310. The summed E-state index contributed by atoms with van der Waals surface area (Å²) in [5, 5.41) is 14.7. The van der Waals surface area contributed by atoms with Crippen molar-refractivity contribution >= 4 is 56.4 Å². The van der Waals surface area contributed by atoms with E-state index in [0.717, 1.165) is 16.6 Å². The molecule has 0 aromatic heterocycles. The topological polar surface area (TPSA) is 130 Å². The van der Waals surface area contributed by atoms with Crippen molar-refractivity contribution in [3.05, 3.63) is 67.7 Å². The van der Waals surface area contributed by atoms with Gasteiger partial charge >= 0.3 is 0 Å². The summed E-state index contributed by atoms with van der Waals surface area (Å²) in [7, 11) is -4.05. The van der Waals surface area contributed by atoms with Crippen LogP contribution in [0.3, 0.4) is 0 Å². The van der Waals surface area contributed by atoms with Crippen LogP contribution in [0.2, 0.25) is 10.0 Å². The van der Waals surface area contributed by atoms with Crippen molar-refractivity contribution < 1.29 is 22.9 Å². The Hall–Kier alpha value is -2.89. The quantitative estimate of drug-likeness (QED) is 0.352. The van der Waals surface area contributed by atoms with Crippen LogP contribution >= 0.6 is 23.2 Å². The van der Waals surface area contributed by atoms with Crippen LogP contribution in [0.1, 0.15) is 38.8 Å². The number of benzene rings is 2. The lowest BCUT2D eigenvalue weighted by atomic mass is 10.1. The van der Waals surface area contributed by atoms with Crippen molar-refractivity contribution in [2.75, 3.05) is 17.1 Å². The Morgan fingerprint density at radius 3 is 2.24 bits per heavy atom. The number of nitro groups is 1. The Kier molecular flexibility index (Phi) is 9.56. The van der Waals surface area contributed by atoms with E-state index in [1.165, 1.54) is 24.0 Å². The predicted octanol–water partition coefficient (Wildman–Crippen LogP) is 4.31. The number of nitrogens with one attached hydrogen (secondary N) is 1. The monoisotopic (exact) mass is 572 g/mol. The summed E-state index contributed by atoms with van der Waals surface area (Å²) in [4.78, 5) is 38.5. The van der Waals surface area contributed by atoms with Crippen LogP contribution in [0, 0.1) is 17.0 Å². The number of nitro benzene ring substituents is 1. The number of aryl methyl sites for hydroxylation is 1. The highest BCUT2D eigenvalue weighted by molar-refractivity contribution is 7.92. The minimum absolute atomic E-state index is 0.00802. The van der Waals surface area contributed by atoms with Crippen LogP contribution in [0.5, 0.6) is 0 Å². The average molecular weight is 573 g/mol. The second kappa shape index (κ2) is 11.7. The van der Waals surface area contributed by atoms with Crippen molar-refractivity contribution in [2.45, 2.75) is 52.7 Å². The number of nitrogens with zero attached hydrogens (tertiary/aromatic N) is 3. The first-order valence-electron chi connectivity index (χ1n) is 11.2. The zero-order valence-corrected chi connectivity index (χ0v) is 23.7. The number of carbonyl (C=O) groups is 2. The molecule has 202 valence electrons. The van der Waals surface area contributed by atoms with Crippen LogP contribution < -0.4 is 9.62 Å².